The molecule has 2 saturated heterocycles. The molecule has 2 aliphatic heterocycles. The normalized spacial score (nSPS) is 19.9. The lowest BCUT2D eigenvalue weighted by atomic mass is 10.1. The fraction of sp³-hybridized carbons (Fsp3) is 0.364. The number of hydrogen-bond donors (Lipinski definition) is 0. The molecule has 0 radical (unpaired) electrons. The summed E-state index contributed by atoms with van der Waals surface area (Å²) in [5.41, 5.74) is 1.31. The van der Waals surface area contributed by atoms with E-state index in [2.05, 4.69) is 20.8 Å². The zero-order valence-electron chi connectivity index (χ0n) is 16.4. The number of carbonyl (C=O) groups is 2. The van der Waals surface area contributed by atoms with Gasteiger partial charge in [0.2, 0.25) is 0 Å². The molecule has 0 bridgehead atoms. The van der Waals surface area contributed by atoms with Crippen LogP contribution in [0.4, 0.5) is 0 Å². The van der Waals surface area contributed by atoms with Gasteiger partial charge in [-0.15, -0.1) is 0 Å². The van der Waals surface area contributed by atoms with Crippen LogP contribution in [-0.2, 0) is 0 Å². The molecule has 1 atom stereocenters. The molecular formula is C22H22BrCl2N3O2. The Hall–Kier alpha value is -1.60. The van der Waals surface area contributed by atoms with Crippen molar-refractivity contribution in [1.82, 2.24) is 14.7 Å². The third-order valence-corrected chi connectivity index (χ3v) is 7.29. The van der Waals surface area contributed by atoms with E-state index in [4.69, 9.17) is 23.2 Å². The van der Waals surface area contributed by atoms with Crippen molar-refractivity contribution in [2.24, 2.45) is 0 Å². The molecule has 2 aliphatic rings. The molecule has 4 rings (SSSR count). The van der Waals surface area contributed by atoms with Crippen LogP contribution in [0.1, 0.15) is 27.1 Å². The summed E-state index contributed by atoms with van der Waals surface area (Å²) in [6.07, 6.45) is 0.950. The number of benzene rings is 2. The first-order valence-corrected chi connectivity index (χ1v) is 11.5. The number of carbonyl (C=O) groups excluding carboxylic acids is 2. The Kier molecular flexibility index (Phi) is 6.68. The lowest BCUT2D eigenvalue weighted by Gasteiger charge is -2.38. The molecule has 2 aromatic carbocycles. The van der Waals surface area contributed by atoms with E-state index < -0.39 is 0 Å². The van der Waals surface area contributed by atoms with E-state index in [9.17, 15) is 9.59 Å². The van der Waals surface area contributed by atoms with Gasteiger partial charge in [0.1, 0.15) is 0 Å². The Labute approximate surface area is 194 Å². The van der Waals surface area contributed by atoms with Crippen molar-refractivity contribution in [1.29, 1.82) is 0 Å². The van der Waals surface area contributed by atoms with E-state index in [1.54, 1.807) is 42.5 Å². The van der Waals surface area contributed by atoms with Crippen molar-refractivity contribution in [3.8, 4) is 0 Å². The second kappa shape index (κ2) is 9.27. The number of hydrogen-bond acceptors (Lipinski definition) is 3. The van der Waals surface area contributed by atoms with Crippen LogP contribution >= 0.6 is 39.1 Å². The molecule has 0 aromatic heterocycles. The molecule has 158 valence electrons. The van der Waals surface area contributed by atoms with E-state index in [1.807, 2.05) is 9.80 Å². The minimum atomic E-state index is 0.0337. The van der Waals surface area contributed by atoms with Crippen LogP contribution in [0.15, 0.2) is 46.9 Å². The van der Waals surface area contributed by atoms with Crippen LogP contribution in [0.25, 0.3) is 0 Å². The minimum absolute atomic E-state index is 0.0337. The molecule has 8 heteroatoms. The summed E-state index contributed by atoms with van der Waals surface area (Å²) in [4.78, 5) is 31.7. The summed E-state index contributed by atoms with van der Waals surface area (Å²) in [6.45, 7) is 4.47. The third kappa shape index (κ3) is 4.67. The minimum Gasteiger partial charge on any atom is -0.337 e. The first kappa shape index (κ1) is 21.6. The van der Waals surface area contributed by atoms with E-state index in [0.717, 1.165) is 30.5 Å². The van der Waals surface area contributed by atoms with E-state index in [0.29, 0.717) is 46.8 Å². The van der Waals surface area contributed by atoms with E-state index in [-0.39, 0.29) is 11.8 Å². The van der Waals surface area contributed by atoms with Crippen molar-refractivity contribution in [3.63, 3.8) is 0 Å². The first-order valence-electron chi connectivity index (χ1n) is 9.95. The van der Waals surface area contributed by atoms with Crippen LogP contribution in [0, 0.1) is 0 Å². The van der Waals surface area contributed by atoms with Crippen molar-refractivity contribution in [3.05, 3.63) is 68.1 Å². The smallest absolute Gasteiger partial charge is 0.253 e. The van der Waals surface area contributed by atoms with Crippen LogP contribution in [-0.4, -0.2) is 71.8 Å². The van der Waals surface area contributed by atoms with Crippen LogP contribution in [0.3, 0.4) is 0 Å². The number of amides is 2. The maximum Gasteiger partial charge on any atom is 0.253 e. The predicted octanol–water partition coefficient (Wildman–Crippen LogP) is 4.43. The zero-order valence-corrected chi connectivity index (χ0v) is 19.5. The fourth-order valence-electron chi connectivity index (χ4n) is 4.10. The lowest BCUT2D eigenvalue weighted by molar-refractivity contribution is 0.0568. The Balaban J connectivity index is 1.31. The molecule has 0 aliphatic carbocycles. The number of likely N-dealkylation sites (tertiary alicyclic amines) is 1. The van der Waals surface area contributed by atoms with Crippen LogP contribution < -0.4 is 0 Å². The number of rotatable bonds is 3. The van der Waals surface area contributed by atoms with Crippen LogP contribution in [0.5, 0.6) is 0 Å². The highest BCUT2D eigenvalue weighted by Gasteiger charge is 2.33. The molecule has 2 aromatic rings. The average molecular weight is 511 g/mol. The highest BCUT2D eigenvalue weighted by Crippen LogP contribution is 2.26. The molecule has 0 saturated carbocycles. The monoisotopic (exact) mass is 509 g/mol. The molecule has 2 heterocycles. The van der Waals surface area contributed by atoms with Gasteiger partial charge in [0.15, 0.2) is 0 Å². The molecular weight excluding hydrogens is 489 g/mol. The molecule has 2 fully saturated rings. The van der Waals surface area contributed by atoms with Crippen molar-refractivity contribution >= 4 is 50.9 Å². The predicted molar refractivity (Wildman–Crippen MR) is 122 cm³/mol. The largest absolute Gasteiger partial charge is 0.337 e. The summed E-state index contributed by atoms with van der Waals surface area (Å²) in [5, 5.41) is 1.22. The van der Waals surface area contributed by atoms with Gasteiger partial charge in [0.25, 0.3) is 11.8 Å². The summed E-state index contributed by atoms with van der Waals surface area (Å²) >= 11 is 15.3. The first-order chi connectivity index (χ1) is 14.4. The standard InChI is InChI=1S/C22H22BrCl2N3O2/c23-19-13-16(3-6-20(19)25)22(30)28-8-7-18(14-28)26-9-11-27(12-10-26)21(29)15-1-4-17(24)5-2-15/h1-6,13,18H,7-12,14H2. The SMILES string of the molecule is O=C(c1ccc(Cl)cc1)N1CCN(C2CCN(C(=O)c3ccc(Cl)c(Br)c3)C2)CC1. The summed E-state index contributed by atoms with van der Waals surface area (Å²) in [5.74, 6) is 0.0780. The number of halogens is 3. The van der Waals surface area contributed by atoms with Crippen molar-refractivity contribution < 1.29 is 9.59 Å². The molecule has 0 N–H and O–H groups in total. The van der Waals surface area contributed by atoms with Crippen LogP contribution in [0.2, 0.25) is 10.0 Å². The van der Waals surface area contributed by atoms with Crippen molar-refractivity contribution in [2.75, 3.05) is 39.3 Å². The molecule has 5 nitrogen and oxygen atoms in total. The Bertz CT molecular complexity index is 946. The van der Waals surface area contributed by atoms with Gasteiger partial charge in [0, 0.05) is 65.9 Å². The highest BCUT2D eigenvalue weighted by molar-refractivity contribution is 9.10. The highest BCUT2D eigenvalue weighted by atomic mass is 79.9. The van der Waals surface area contributed by atoms with Gasteiger partial charge in [-0.05, 0) is 64.8 Å². The number of nitrogens with zero attached hydrogens (tertiary/aromatic N) is 3. The molecule has 0 spiro atoms. The summed E-state index contributed by atoms with van der Waals surface area (Å²) < 4.78 is 0.729. The fourth-order valence-corrected chi connectivity index (χ4v) is 4.72. The Morgan fingerprint density at radius 3 is 2.13 bits per heavy atom. The number of piperazine rings is 1. The van der Waals surface area contributed by atoms with Gasteiger partial charge in [-0.3, -0.25) is 14.5 Å². The van der Waals surface area contributed by atoms with Crippen molar-refractivity contribution in [2.45, 2.75) is 12.5 Å². The van der Waals surface area contributed by atoms with Gasteiger partial charge in [-0.1, -0.05) is 23.2 Å². The maximum atomic E-state index is 12.8. The second-order valence-electron chi connectivity index (χ2n) is 7.66. The molecule has 1 unspecified atom stereocenters. The van der Waals surface area contributed by atoms with Gasteiger partial charge >= 0.3 is 0 Å². The quantitative estimate of drug-likeness (QED) is 0.613. The van der Waals surface area contributed by atoms with E-state index in [1.165, 1.54) is 0 Å². The van der Waals surface area contributed by atoms with E-state index >= 15 is 0 Å². The van der Waals surface area contributed by atoms with Gasteiger partial charge < -0.3 is 9.80 Å². The van der Waals surface area contributed by atoms with Gasteiger partial charge in [-0.2, -0.15) is 0 Å². The third-order valence-electron chi connectivity index (χ3n) is 5.83. The lowest BCUT2D eigenvalue weighted by Crippen LogP contribution is -2.52. The maximum absolute atomic E-state index is 12.8. The topological polar surface area (TPSA) is 43.9 Å². The summed E-state index contributed by atoms with van der Waals surface area (Å²) in [6, 6.07) is 12.6. The zero-order chi connectivity index (χ0) is 21.3. The van der Waals surface area contributed by atoms with Gasteiger partial charge in [-0.25, -0.2) is 0 Å². The Morgan fingerprint density at radius 1 is 0.833 bits per heavy atom. The van der Waals surface area contributed by atoms with Gasteiger partial charge in [0.05, 0.1) is 5.02 Å². The summed E-state index contributed by atoms with van der Waals surface area (Å²) in [7, 11) is 0. The average Bonchev–Trinajstić information content (AvgIpc) is 3.25. The molecule has 2 amide bonds. The molecule has 30 heavy (non-hydrogen) atoms. The second-order valence-corrected chi connectivity index (χ2v) is 9.36. The Morgan fingerprint density at radius 2 is 1.47 bits per heavy atom.